The average Bonchev–Trinajstić information content (AvgIpc) is 3.61. The smallest absolute Gasteiger partial charge is 0.143 e. The summed E-state index contributed by atoms with van der Waals surface area (Å²) in [4.78, 5) is 2.34. The number of furan rings is 1. The Hall–Kier alpha value is -6.90. The minimum Gasteiger partial charge on any atom is -0.455 e. The van der Waals surface area contributed by atoms with E-state index in [1.165, 1.54) is 43.8 Å². The topological polar surface area (TPSA) is 16.4 Å². The summed E-state index contributed by atoms with van der Waals surface area (Å²) >= 11 is 0. The van der Waals surface area contributed by atoms with Gasteiger partial charge in [0.05, 0.1) is 5.69 Å². The van der Waals surface area contributed by atoms with E-state index < -0.39 is 0 Å². The lowest BCUT2D eigenvalue weighted by Crippen LogP contribution is -2.11. The fraction of sp³-hybridized carbons (Fsp3) is 0. The van der Waals surface area contributed by atoms with E-state index in [2.05, 4.69) is 193 Å². The Morgan fingerprint density at radius 1 is 0.327 bits per heavy atom. The largest absolute Gasteiger partial charge is 0.455 e. The van der Waals surface area contributed by atoms with Crippen LogP contribution in [0.1, 0.15) is 0 Å². The van der Waals surface area contributed by atoms with Crippen LogP contribution in [0.5, 0.6) is 0 Å². The van der Waals surface area contributed by atoms with Gasteiger partial charge in [-0.05, 0) is 86.3 Å². The van der Waals surface area contributed by atoms with Gasteiger partial charge in [-0.25, -0.2) is 0 Å². The molecular formula is C50H33NO. The van der Waals surface area contributed by atoms with Crippen LogP contribution in [0.4, 0.5) is 17.1 Å². The summed E-state index contributed by atoms with van der Waals surface area (Å²) in [5, 5.41) is 7.35. The Morgan fingerprint density at radius 2 is 0.962 bits per heavy atom. The summed E-state index contributed by atoms with van der Waals surface area (Å²) in [5.41, 5.74) is 12.0. The number of para-hydroxylation sites is 4. The Kier molecular flexibility index (Phi) is 7.18. The maximum absolute atomic E-state index is 6.51. The SMILES string of the molecule is c1ccc(N(c2ccc(-c3cccc(-c4cccc5c4ccc4ccccc45)c3)cc2)c2ccccc2-c2cccc3c2oc2ccccc23)cc1. The van der Waals surface area contributed by atoms with Gasteiger partial charge in [-0.3, -0.25) is 0 Å². The standard InChI is InChI=1S/C50H33NO/c1-2-16-38(17-3-1)51(48-25-8-6-19-44(48)46-23-12-24-47-45-20-7-9-26-49(45)52-50(46)47)39-30-27-34(28-31-39)36-14-10-15-37(33-36)41-21-11-22-42-40-18-5-4-13-35(40)29-32-43(41)42/h1-33H. The quantitative estimate of drug-likeness (QED) is 0.165. The summed E-state index contributed by atoms with van der Waals surface area (Å²) in [6, 6.07) is 71.6. The molecule has 52 heavy (non-hydrogen) atoms. The van der Waals surface area contributed by atoms with E-state index in [0.29, 0.717) is 0 Å². The van der Waals surface area contributed by atoms with E-state index in [1.54, 1.807) is 0 Å². The first-order chi connectivity index (χ1) is 25.8. The number of benzene rings is 9. The first kappa shape index (κ1) is 30.0. The number of rotatable bonds is 6. The molecular weight excluding hydrogens is 631 g/mol. The Balaban J connectivity index is 1.06. The summed E-state index contributed by atoms with van der Waals surface area (Å²) in [7, 11) is 0. The van der Waals surface area contributed by atoms with Crippen LogP contribution in [0.25, 0.3) is 76.9 Å². The van der Waals surface area contributed by atoms with Crippen molar-refractivity contribution in [3.8, 4) is 33.4 Å². The minimum absolute atomic E-state index is 0.899. The van der Waals surface area contributed by atoms with Crippen LogP contribution in [0.15, 0.2) is 205 Å². The predicted octanol–water partition coefficient (Wildman–Crippen LogP) is 14.4. The molecule has 2 heteroatoms. The molecule has 0 spiro atoms. The lowest BCUT2D eigenvalue weighted by molar-refractivity contribution is 0.670. The van der Waals surface area contributed by atoms with Gasteiger partial charge < -0.3 is 9.32 Å². The second-order valence-corrected chi connectivity index (χ2v) is 13.3. The zero-order valence-electron chi connectivity index (χ0n) is 28.4. The highest BCUT2D eigenvalue weighted by Crippen LogP contribution is 2.44. The summed E-state index contributed by atoms with van der Waals surface area (Å²) in [6.45, 7) is 0. The number of fused-ring (bicyclic) bond motifs is 6. The number of hydrogen-bond acceptors (Lipinski definition) is 2. The fourth-order valence-electron chi connectivity index (χ4n) is 7.82. The third-order valence-electron chi connectivity index (χ3n) is 10.3. The van der Waals surface area contributed by atoms with Crippen molar-refractivity contribution in [1.82, 2.24) is 0 Å². The molecule has 244 valence electrons. The molecule has 0 saturated carbocycles. The second-order valence-electron chi connectivity index (χ2n) is 13.3. The summed E-state index contributed by atoms with van der Waals surface area (Å²) in [6.07, 6.45) is 0. The van der Waals surface area contributed by atoms with E-state index in [1.807, 2.05) is 12.1 Å². The average molecular weight is 664 g/mol. The van der Waals surface area contributed by atoms with Gasteiger partial charge in [0.25, 0.3) is 0 Å². The van der Waals surface area contributed by atoms with Crippen molar-refractivity contribution in [1.29, 1.82) is 0 Å². The van der Waals surface area contributed by atoms with E-state index in [4.69, 9.17) is 4.42 Å². The van der Waals surface area contributed by atoms with Crippen molar-refractivity contribution in [3.63, 3.8) is 0 Å². The van der Waals surface area contributed by atoms with Crippen molar-refractivity contribution in [2.45, 2.75) is 0 Å². The Morgan fingerprint density at radius 3 is 1.85 bits per heavy atom. The monoisotopic (exact) mass is 663 g/mol. The van der Waals surface area contributed by atoms with Crippen LogP contribution in [-0.4, -0.2) is 0 Å². The maximum Gasteiger partial charge on any atom is 0.143 e. The third-order valence-corrected chi connectivity index (χ3v) is 10.3. The fourth-order valence-corrected chi connectivity index (χ4v) is 7.82. The number of anilines is 3. The molecule has 0 bridgehead atoms. The molecule has 9 aromatic carbocycles. The highest BCUT2D eigenvalue weighted by Gasteiger charge is 2.20. The van der Waals surface area contributed by atoms with Gasteiger partial charge in [0, 0.05) is 33.3 Å². The van der Waals surface area contributed by atoms with Crippen LogP contribution in [0, 0.1) is 0 Å². The van der Waals surface area contributed by atoms with Crippen molar-refractivity contribution < 1.29 is 4.42 Å². The molecule has 0 aliphatic heterocycles. The van der Waals surface area contributed by atoms with Gasteiger partial charge in [-0.2, -0.15) is 0 Å². The Labute approximate surface area is 302 Å². The molecule has 0 N–H and O–H groups in total. The van der Waals surface area contributed by atoms with Crippen molar-refractivity contribution in [2.75, 3.05) is 4.90 Å². The van der Waals surface area contributed by atoms with Gasteiger partial charge >= 0.3 is 0 Å². The molecule has 1 aromatic heterocycles. The molecule has 0 saturated heterocycles. The number of hydrogen-bond donors (Lipinski definition) is 0. The van der Waals surface area contributed by atoms with Gasteiger partial charge in [-0.1, -0.05) is 158 Å². The maximum atomic E-state index is 6.51. The molecule has 2 nitrogen and oxygen atoms in total. The molecule has 0 atom stereocenters. The van der Waals surface area contributed by atoms with Crippen molar-refractivity contribution >= 4 is 60.5 Å². The van der Waals surface area contributed by atoms with Crippen LogP contribution >= 0.6 is 0 Å². The van der Waals surface area contributed by atoms with Crippen LogP contribution in [0.3, 0.4) is 0 Å². The zero-order chi connectivity index (χ0) is 34.4. The lowest BCUT2D eigenvalue weighted by Gasteiger charge is -2.28. The van der Waals surface area contributed by atoms with Gasteiger partial charge in [-0.15, -0.1) is 0 Å². The highest BCUT2D eigenvalue weighted by molar-refractivity contribution is 6.13. The van der Waals surface area contributed by atoms with Crippen LogP contribution in [0.2, 0.25) is 0 Å². The molecule has 0 aliphatic rings. The molecule has 0 unspecified atom stereocenters. The molecule has 10 rings (SSSR count). The van der Waals surface area contributed by atoms with Crippen LogP contribution in [-0.2, 0) is 0 Å². The van der Waals surface area contributed by atoms with Crippen molar-refractivity contribution in [2.24, 2.45) is 0 Å². The second kappa shape index (κ2) is 12.5. The predicted molar refractivity (Wildman–Crippen MR) is 220 cm³/mol. The van der Waals surface area contributed by atoms with Crippen molar-refractivity contribution in [3.05, 3.63) is 200 Å². The highest BCUT2D eigenvalue weighted by atomic mass is 16.3. The van der Waals surface area contributed by atoms with E-state index in [0.717, 1.165) is 50.1 Å². The molecule has 10 aromatic rings. The normalized spacial score (nSPS) is 11.5. The third kappa shape index (κ3) is 5.04. The summed E-state index contributed by atoms with van der Waals surface area (Å²) < 4.78 is 6.51. The molecule has 0 fully saturated rings. The molecule has 0 amide bonds. The molecule has 1 heterocycles. The summed E-state index contributed by atoms with van der Waals surface area (Å²) in [5.74, 6) is 0. The van der Waals surface area contributed by atoms with E-state index in [-0.39, 0.29) is 0 Å². The van der Waals surface area contributed by atoms with Gasteiger partial charge in [0.15, 0.2) is 0 Å². The zero-order valence-corrected chi connectivity index (χ0v) is 28.4. The first-order valence-electron chi connectivity index (χ1n) is 17.8. The minimum atomic E-state index is 0.899. The molecule has 0 aliphatic carbocycles. The lowest BCUT2D eigenvalue weighted by atomic mass is 9.93. The molecule has 0 radical (unpaired) electrons. The Bertz CT molecular complexity index is 2900. The number of nitrogens with zero attached hydrogens (tertiary/aromatic N) is 1. The van der Waals surface area contributed by atoms with Gasteiger partial charge in [0.1, 0.15) is 11.2 Å². The first-order valence-corrected chi connectivity index (χ1v) is 17.8. The van der Waals surface area contributed by atoms with Gasteiger partial charge in [0.2, 0.25) is 0 Å². The van der Waals surface area contributed by atoms with E-state index >= 15 is 0 Å². The van der Waals surface area contributed by atoms with E-state index in [9.17, 15) is 0 Å². The van der Waals surface area contributed by atoms with Crippen LogP contribution < -0.4 is 4.90 Å².